The first-order valence-electron chi connectivity index (χ1n) is 6.14. The van der Waals surface area contributed by atoms with E-state index in [9.17, 15) is 0 Å². The van der Waals surface area contributed by atoms with Crippen LogP contribution in [0.15, 0.2) is 47.3 Å². The van der Waals surface area contributed by atoms with E-state index in [0.29, 0.717) is 6.42 Å². The summed E-state index contributed by atoms with van der Waals surface area (Å²) >= 11 is 0. The molecular weight excluding hydrogens is 240 g/mol. The standard InChI is InChI=1S/C14H14N4O/c1-11-13(10-19-16-11)7-14-9-18(17-15-14)8-12-5-3-2-4-6-12/h2-6,9-10H,7-8H2,1H3. The van der Waals surface area contributed by atoms with Crippen molar-refractivity contribution in [2.45, 2.75) is 19.9 Å². The van der Waals surface area contributed by atoms with E-state index in [4.69, 9.17) is 4.52 Å². The third-order valence-electron chi connectivity index (χ3n) is 2.99. The second kappa shape index (κ2) is 5.06. The Morgan fingerprint density at radius 1 is 1.21 bits per heavy atom. The molecular formula is C14H14N4O. The van der Waals surface area contributed by atoms with Crippen LogP contribution in [-0.2, 0) is 13.0 Å². The van der Waals surface area contributed by atoms with E-state index < -0.39 is 0 Å². The quantitative estimate of drug-likeness (QED) is 0.716. The third kappa shape index (κ3) is 2.70. The summed E-state index contributed by atoms with van der Waals surface area (Å²) in [6, 6.07) is 10.2. The van der Waals surface area contributed by atoms with Crippen LogP contribution >= 0.6 is 0 Å². The first-order valence-corrected chi connectivity index (χ1v) is 6.14. The molecule has 0 saturated heterocycles. The largest absolute Gasteiger partial charge is 0.364 e. The van der Waals surface area contributed by atoms with Crippen molar-refractivity contribution in [3.05, 3.63) is 65.3 Å². The lowest BCUT2D eigenvalue weighted by molar-refractivity contribution is 0.414. The normalized spacial score (nSPS) is 10.8. The van der Waals surface area contributed by atoms with Crippen molar-refractivity contribution in [1.82, 2.24) is 20.2 Å². The number of hydrogen-bond donors (Lipinski definition) is 0. The molecule has 3 rings (SSSR count). The zero-order chi connectivity index (χ0) is 13.1. The molecule has 3 aromatic rings. The highest BCUT2D eigenvalue weighted by atomic mass is 16.5. The molecule has 0 N–H and O–H groups in total. The van der Waals surface area contributed by atoms with Crippen molar-refractivity contribution in [2.24, 2.45) is 0 Å². The maximum Gasteiger partial charge on any atom is 0.127 e. The molecule has 0 amide bonds. The van der Waals surface area contributed by atoms with Gasteiger partial charge in [0.25, 0.3) is 0 Å². The summed E-state index contributed by atoms with van der Waals surface area (Å²) in [4.78, 5) is 0. The molecule has 5 heteroatoms. The van der Waals surface area contributed by atoms with Crippen molar-refractivity contribution >= 4 is 0 Å². The van der Waals surface area contributed by atoms with Gasteiger partial charge in [-0.05, 0) is 12.5 Å². The van der Waals surface area contributed by atoms with Crippen LogP contribution in [0.4, 0.5) is 0 Å². The van der Waals surface area contributed by atoms with Gasteiger partial charge >= 0.3 is 0 Å². The van der Waals surface area contributed by atoms with Gasteiger partial charge in [0.15, 0.2) is 0 Å². The summed E-state index contributed by atoms with van der Waals surface area (Å²) < 4.78 is 6.76. The molecule has 96 valence electrons. The highest BCUT2D eigenvalue weighted by molar-refractivity contribution is 5.19. The van der Waals surface area contributed by atoms with Gasteiger partial charge in [0, 0.05) is 18.2 Å². The summed E-state index contributed by atoms with van der Waals surface area (Å²) in [7, 11) is 0. The number of aryl methyl sites for hydroxylation is 1. The van der Waals surface area contributed by atoms with Crippen molar-refractivity contribution in [3.63, 3.8) is 0 Å². The predicted octanol–water partition coefficient (Wildman–Crippen LogP) is 2.21. The van der Waals surface area contributed by atoms with Crippen LogP contribution in [0.2, 0.25) is 0 Å². The third-order valence-corrected chi connectivity index (χ3v) is 2.99. The Kier molecular flexibility index (Phi) is 3.10. The minimum absolute atomic E-state index is 0.699. The summed E-state index contributed by atoms with van der Waals surface area (Å²) in [5.41, 5.74) is 4.08. The molecule has 0 radical (unpaired) electrons. The number of benzene rings is 1. The Morgan fingerprint density at radius 2 is 2.05 bits per heavy atom. The van der Waals surface area contributed by atoms with Gasteiger partial charge in [0.05, 0.1) is 17.9 Å². The van der Waals surface area contributed by atoms with E-state index in [1.807, 2.05) is 36.0 Å². The molecule has 19 heavy (non-hydrogen) atoms. The lowest BCUT2D eigenvalue weighted by Gasteiger charge is -1.99. The second-order valence-electron chi connectivity index (χ2n) is 4.50. The van der Waals surface area contributed by atoms with E-state index in [-0.39, 0.29) is 0 Å². The summed E-state index contributed by atoms with van der Waals surface area (Å²) in [5.74, 6) is 0. The Balaban J connectivity index is 1.72. The number of aromatic nitrogens is 4. The molecule has 0 atom stereocenters. The fourth-order valence-electron chi connectivity index (χ4n) is 1.94. The first-order chi connectivity index (χ1) is 9.31. The van der Waals surface area contributed by atoms with Gasteiger partial charge in [-0.3, -0.25) is 0 Å². The highest BCUT2D eigenvalue weighted by Gasteiger charge is 2.07. The van der Waals surface area contributed by atoms with E-state index >= 15 is 0 Å². The SMILES string of the molecule is Cc1nocc1Cc1cn(Cc2ccccc2)nn1. The van der Waals surface area contributed by atoms with E-state index in [0.717, 1.165) is 23.5 Å². The molecule has 0 spiro atoms. The molecule has 2 aromatic heterocycles. The lowest BCUT2D eigenvalue weighted by Crippen LogP contribution is -1.99. The van der Waals surface area contributed by atoms with E-state index in [2.05, 4.69) is 27.6 Å². The average Bonchev–Trinajstić information content (AvgIpc) is 3.02. The molecule has 0 aliphatic carbocycles. The van der Waals surface area contributed by atoms with Crippen LogP contribution in [0.1, 0.15) is 22.5 Å². The van der Waals surface area contributed by atoms with Gasteiger partial charge in [-0.15, -0.1) is 5.10 Å². The van der Waals surface area contributed by atoms with Gasteiger partial charge in [0.1, 0.15) is 6.26 Å². The Labute approximate surface area is 110 Å². The second-order valence-corrected chi connectivity index (χ2v) is 4.50. The van der Waals surface area contributed by atoms with Crippen molar-refractivity contribution < 1.29 is 4.52 Å². The van der Waals surface area contributed by atoms with Crippen LogP contribution in [-0.4, -0.2) is 20.2 Å². The van der Waals surface area contributed by atoms with Crippen molar-refractivity contribution in [3.8, 4) is 0 Å². The molecule has 2 heterocycles. The van der Waals surface area contributed by atoms with Gasteiger partial charge in [-0.25, -0.2) is 4.68 Å². The molecule has 0 aliphatic heterocycles. The molecule has 5 nitrogen and oxygen atoms in total. The molecule has 0 unspecified atom stereocenters. The van der Waals surface area contributed by atoms with Crippen LogP contribution in [0, 0.1) is 6.92 Å². The fourth-order valence-corrected chi connectivity index (χ4v) is 1.94. The van der Waals surface area contributed by atoms with E-state index in [1.165, 1.54) is 5.56 Å². The Bertz CT molecular complexity index is 657. The minimum Gasteiger partial charge on any atom is -0.364 e. The fraction of sp³-hybridized carbons (Fsp3) is 0.214. The van der Waals surface area contributed by atoms with E-state index in [1.54, 1.807) is 6.26 Å². The topological polar surface area (TPSA) is 56.7 Å². The molecule has 0 saturated carbocycles. The van der Waals surface area contributed by atoms with Crippen LogP contribution in [0.5, 0.6) is 0 Å². The van der Waals surface area contributed by atoms with Gasteiger partial charge in [-0.1, -0.05) is 40.7 Å². The summed E-state index contributed by atoms with van der Waals surface area (Å²) in [6.07, 6.45) is 4.31. The first kappa shape index (κ1) is 11.6. The van der Waals surface area contributed by atoms with Crippen LogP contribution in [0.25, 0.3) is 0 Å². The Morgan fingerprint density at radius 3 is 2.79 bits per heavy atom. The maximum absolute atomic E-state index is 4.91. The number of rotatable bonds is 4. The smallest absolute Gasteiger partial charge is 0.127 e. The van der Waals surface area contributed by atoms with Gasteiger partial charge in [0.2, 0.25) is 0 Å². The lowest BCUT2D eigenvalue weighted by atomic mass is 10.1. The maximum atomic E-state index is 4.91. The molecule has 0 aliphatic rings. The number of nitrogens with zero attached hydrogens (tertiary/aromatic N) is 4. The predicted molar refractivity (Wildman–Crippen MR) is 69.6 cm³/mol. The Hall–Kier alpha value is -2.43. The molecule has 1 aromatic carbocycles. The van der Waals surface area contributed by atoms with Crippen molar-refractivity contribution in [1.29, 1.82) is 0 Å². The van der Waals surface area contributed by atoms with Crippen molar-refractivity contribution in [2.75, 3.05) is 0 Å². The zero-order valence-corrected chi connectivity index (χ0v) is 10.7. The average molecular weight is 254 g/mol. The van der Waals surface area contributed by atoms with Gasteiger partial charge in [-0.2, -0.15) is 0 Å². The molecule has 0 fully saturated rings. The van der Waals surface area contributed by atoms with Crippen LogP contribution < -0.4 is 0 Å². The monoisotopic (exact) mass is 254 g/mol. The summed E-state index contributed by atoms with van der Waals surface area (Å²) in [6.45, 7) is 2.66. The number of hydrogen-bond acceptors (Lipinski definition) is 4. The van der Waals surface area contributed by atoms with Gasteiger partial charge < -0.3 is 4.52 Å². The summed E-state index contributed by atoms with van der Waals surface area (Å²) in [5, 5.41) is 12.2. The van der Waals surface area contributed by atoms with Crippen LogP contribution in [0.3, 0.4) is 0 Å². The highest BCUT2D eigenvalue weighted by Crippen LogP contribution is 2.10. The zero-order valence-electron chi connectivity index (χ0n) is 10.7. The molecule has 0 bridgehead atoms. The minimum atomic E-state index is 0.699.